The third kappa shape index (κ3) is 5.74. The lowest BCUT2D eigenvalue weighted by Crippen LogP contribution is -2.56. The van der Waals surface area contributed by atoms with E-state index in [0.717, 1.165) is 30.1 Å². The molecule has 0 bridgehead atoms. The van der Waals surface area contributed by atoms with Crippen molar-refractivity contribution in [3.05, 3.63) is 29.8 Å². The van der Waals surface area contributed by atoms with E-state index in [1.54, 1.807) is 0 Å². The smallest absolute Gasteiger partial charge is 0.406 e. The van der Waals surface area contributed by atoms with Crippen LogP contribution in [0.15, 0.2) is 24.3 Å². The number of amides is 4. The maximum absolute atomic E-state index is 13.0. The molecule has 2 aliphatic heterocycles. The number of halogens is 3. The van der Waals surface area contributed by atoms with Crippen molar-refractivity contribution >= 4 is 17.8 Å². The molecule has 1 atom stereocenters. The monoisotopic (exact) mass is 472 g/mol. The van der Waals surface area contributed by atoms with Gasteiger partial charge in [-0.05, 0) is 38.5 Å². The molecule has 0 spiro atoms. The second-order valence-electron chi connectivity index (χ2n) is 8.71. The molecule has 12 heteroatoms. The first kappa shape index (κ1) is 24.8. The van der Waals surface area contributed by atoms with E-state index in [-0.39, 0.29) is 11.1 Å². The highest BCUT2D eigenvalue weighted by molar-refractivity contribution is 6.09. The van der Waals surface area contributed by atoms with E-state index in [1.165, 1.54) is 19.1 Å². The highest BCUT2D eigenvalue weighted by atomic mass is 19.4. The summed E-state index contributed by atoms with van der Waals surface area (Å²) in [6, 6.07) is 3.86. The number of benzene rings is 1. The van der Waals surface area contributed by atoms with E-state index in [2.05, 4.69) is 20.3 Å². The number of urea groups is 1. The van der Waals surface area contributed by atoms with Gasteiger partial charge in [0.2, 0.25) is 5.91 Å². The highest BCUT2D eigenvalue weighted by Gasteiger charge is 2.49. The number of nitrogens with zero attached hydrogens (tertiary/aromatic N) is 2. The Bertz CT molecular complexity index is 900. The second kappa shape index (κ2) is 9.18. The van der Waals surface area contributed by atoms with Crippen LogP contribution >= 0.6 is 0 Å². The molecule has 0 aromatic heterocycles. The summed E-state index contributed by atoms with van der Waals surface area (Å²) in [5, 5.41) is 5.28. The zero-order chi connectivity index (χ0) is 24.4. The van der Waals surface area contributed by atoms with Gasteiger partial charge < -0.3 is 20.1 Å². The zero-order valence-corrected chi connectivity index (χ0v) is 18.6. The molecular weight excluding hydrogens is 445 g/mol. The number of ether oxygens (including phenoxy) is 2. The molecule has 2 heterocycles. The Morgan fingerprint density at radius 3 is 2.36 bits per heavy atom. The van der Waals surface area contributed by atoms with Gasteiger partial charge in [-0.15, -0.1) is 13.2 Å². The van der Waals surface area contributed by atoms with Crippen LogP contribution in [0.5, 0.6) is 5.75 Å². The van der Waals surface area contributed by atoms with E-state index < -0.39 is 42.0 Å². The number of hydrogen-bond donors (Lipinski definition) is 2. The van der Waals surface area contributed by atoms with Crippen LogP contribution in [0.3, 0.4) is 0 Å². The lowest BCUT2D eigenvalue weighted by atomic mass is 9.92. The number of carbonyl (C=O) groups excluding carboxylic acids is 3. The number of alkyl halides is 3. The number of imide groups is 1. The van der Waals surface area contributed by atoms with Crippen molar-refractivity contribution in [1.29, 1.82) is 0 Å². The van der Waals surface area contributed by atoms with Gasteiger partial charge in [-0.3, -0.25) is 19.4 Å². The Hall–Kier alpha value is -2.86. The average Bonchev–Trinajstić information content (AvgIpc) is 2.96. The molecule has 0 aliphatic carbocycles. The fourth-order valence-electron chi connectivity index (χ4n) is 3.82. The molecule has 0 saturated carbocycles. The summed E-state index contributed by atoms with van der Waals surface area (Å²) in [6.07, 6.45) is -4.84. The lowest BCUT2D eigenvalue weighted by Gasteiger charge is -2.40. The number of nitrogens with one attached hydrogen (secondary N) is 2. The molecule has 2 saturated heterocycles. The molecule has 2 fully saturated rings. The van der Waals surface area contributed by atoms with Crippen LogP contribution in [-0.4, -0.2) is 78.9 Å². The van der Waals surface area contributed by atoms with Gasteiger partial charge in [0.05, 0.1) is 13.2 Å². The van der Waals surface area contributed by atoms with Crippen LogP contribution < -0.4 is 15.4 Å². The Balaban J connectivity index is 1.61. The van der Waals surface area contributed by atoms with Crippen molar-refractivity contribution in [2.75, 3.05) is 39.4 Å². The third-order valence-corrected chi connectivity index (χ3v) is 5.83. The summed E-state index contributed by atoms with van der Waals surface area (Å²) in [4.78, 5) is 40.9. The minimum absolute atomic E-state index is 0.256. The van der Waals surface area contributed by atoms with E-state index in [1.807, 2.05) is 13.8 Å². The standard InChI is InChI=1S/C21H27F3N4O5/c1-19(2,27-8-10-32-11-9-27)13-25-16(29)12-28-17(30)20(3,26-18(28)31)14-4-6-15(7-5-14)33-21(22,23)24/h4-7H,8-13H2,1-3H3,(H,25,29)(H,26,31). The summed E-state index contributed by atoms with van der Waals surface area (Å²) in [5.74, 6) is -1.64. The van der Waals surface area contributed by atoms with Crippen LogP contribution in [0.4, 0.5) is 18.0 Å². The molecule has 3 rings (SSSR count). The average molecular weight is 472 g/mol. The Morgan fingerprint density at radius 2 is 1.79 bits per heavy atom. The van der Waals surface area contributed by atoms with Crippen molar-refractivity contribution in [2.24, 2.45) is 0 Å². The quantitative estimate of drug-likeness (QED) is 0.585. The first-order valence-electron chi connectivity index (χ1n) is 10.4. The predicted molar refractivity (Wildman–Crippen MR) is 110 cm³/mol. The van der Waals surface area contributed by atoms with Crippen molar-refractivity contribution < 1.29 is 37.0 Å². The van der Waals surface area contributed by atoms with E-state index in [9.17, 15) is 27.6 Å². The predicted octanol–water partition coefficient (Wildman–Crippen LogP) is 1.58. The Morgan fingerprint density at radius 1 is 1.18 bits per heavy atom. The molecular formula is C21H27F3N4O5. The molecule has 9 nitrogen and oxygen atoms in total. The minimum atomic E-state index is -4.84. The molecule has 1 unspecified atom stereocenters. The minimum Gasteiger partial charge on any atom is -0.406 e. The van der Waals surface area contributed by atoms with Crippen molar-refractivity contribution in [1.82, 2.24) is 20.4 Å². The van der Waals surface area contributed by atoms with Crippen LogP contribution in [0, 0.1) is 0 Å². The molecule has 2 N–H and O–H groups in total. The lowest BCUT2D eigenvalue weighted by molar-refractivity contribution is -0.274. The van der Waals surface area contributed by atoms with Gasteiger partial charge in [0.1, 0.15) is 17.8 Å². The van der Waals surface area contributed by atoms with E-state index in [4.69, 9.17) is 4.74 Å². The van der Waals surface area contributed by atoms with Gasteiger partial charge in [0.25, 0.3) is 5.91 Å². The van der Waals surface area contributed by atoms with Crippen LogP contribution in [0.25, 0.3) is 0 Å². The van der Waals surface area contributed by atoms with E-state index >= 15 is 0 Å². The fraction of sp³-hybridized carbons (Fsp3) is 0.571. The molecule has 4 amide bonds. The summed E-state index contributed by atoms with van der Waals surface area (Å²) in [5.41, 5.74) is -1.61. The van der Waals surface area contributed by atoms with Gasteiger partial charge in [-0.1, -0.05) is 12.1 Å². The SMILES string of the molecule is CC1(c2ccc(OC(F)(F)F)cc2)NC(=O)N(CC(=O)NCC(C)(C)N2CCOCC2)C1=O. The maximum atomic E-state index is 13.0. The number of hydrogen-bond acceptors (Lipinski definition) is 6. The summed E-state index contributed by atoms with van der Waals surface area (Å²) >= 11 is 0. The molecule has 33 heavy (non-hydrogen) atoms. The van der Waals surface area contributed by atoms with Crippen molar-refractivity contribution in [3.8, 4) is 5.75 Å². The van der Waals surface area contributed by atoms with Crippen molar-refractivity contribution in [2.45, 2.75) is 38.2 Å². The third-order valence-electron chi connectivity index (χ3n) is 5.83. The van der Waals surface area contributed by atoms with Crippen LogP contribution in [0.1, 0.15) is 26.3 Å². The van der Waals surface area contributed by atoms with Gasteiger partial charge in [0, 0.05) is 25.2 Å². The normalized spacial score (nSPS) is 22.3. The molecule has 1 aromatic carbocycles. The first-order valence-corrected chi connectivity index (χ1v) is 10.4. The molecule has 2 aliphatic rings. The van der Waals surface area contributed by atoms with Crippen LogP contribution in [0.2, 0.25) is 0 Å². The summed E-state index contributed by atoms with van der Waals surface area (Å²) in [7, 11) is 0. The van der Waals surface area contributed by atoms with Gasteiger partial charge >= 0.3 is 12.4 Å². The largest absolute Gasteiger partial charge is 0.573 e. The molecule has 0 radical (unpaired) electrons. The fourth-order valence-corrected chi connectivity index (χ4v) is 3.82. The number of carbonyl (C=O) groups is 3. The van der Waals surface area contributed by atoms with Crippen LogP contribution in [-0.2, 0) is 19.9 Å². The summed E-state index contributed by atoms with van der Waals surface area (Å²) in [6.45, 7) is 7.92. The summed E-state index contributed by atoms with van der Waals surface area (Å²) < 4.78 is 46.2. The zero-order valence-electron chi connectivity index (χ0n) is 18.6. The maximum Gasteiger partial charge on any atom is 0.573 e. The molecule has 1 aromatic rings. The topological polar surface area (TPSA) is 100 Å². The first-order chi connectivity index (χ1) is 15.3. The second-order valence-corrected chi connectivity index (χ2v) is 8.71. The Kier molecular flexibility index (Phi) is 6.89. The molecule has 182 valence electrons. The van der Waals surface area contributed by atoms with E-state index in [0.29, 0.717) is 19.8 Å². The van der Waals surface area contributed by atoms with Gasteiger partial charge in [-0.2, -0.15) is 0 Å². The van der Waals surface area contributed by atoms with Crippen molar-refractivity contribution in [3.63, 3.8) is 0 Å². The number of morpholine rings is 1. The van der Waals surface area contributed by atoms with Gasteiger partial charge in [-0.25, -0.2) is 4.79 Å². The highest BCUT2D eigenvalue weighted by Crippen LogP contribution is 2.31. The van der Waals surface area contributed by atoms with Gasteiger partial charge in [0.15, 0.2) is 0 Å². The Labute approximate surface area is 189 Å². The number of rotatable bonds is 7.